The zero-order valence-electron chi connectivity index (χ0n) is 12.1. The number of rotatable bonds is 4. The van der Waals surface area contributed by atoms with Gasteiger partial charge in [-0.1, -0.05) is 23.7 Å². The second-order valence-corrected chi connectivity index (χ2v) is 6.29. The van der Waals surface area contributed by atoms with Gasteiger partial charge >= 0.3 is 0 Å². The lowest BCUT2D eigenvalue weighted by molar-refractivity contribution is -0.137. The van der Waals surface area contributed by atoms with Crippen molar-refractivity contribution in [2.24, 2.45) is 0 Å². The first-order valence-electron chi connectivity index (χ1n) is 7.41. The van der Waals surface area contributed by atoms with Gasteiger partial charge in [0.05, 0.1) is 30.8 Å². The molecular weight excluding hydrogens is 290 g/mol. The van der Waals surface area contributed by atoms with E-state index < -0.39 is 11.5 Å². The lowest BCUT2D eigenvalue weighted by atomic mass is 9.93. The SMILES string of the molecule is CCN(C(=O)C1(c2ccc(Cl)cc2)CC1)[C@@H]1COC[C@H]1O. The molecule has 1 saturated heterocycles. The van der Waals surface area contributed by atoms with Gasteiger partial charge in [-0.3, -0.25) is 4.79 Å². The Labute approximate surface area is 129 Å². The summed E-state index contributed by atoms with van der Waals surface area (Å²) in [5.41, 5.74) is 0.590. The number of hydrogen-bond acceptors (Lipinski definition) is 3. The van der Waals surface area contributed by atoms with Crippen molar-refractivity contribution >= 4 is 17.5 Å². The van der Waals surface area contributed by atoms with Crippen molar-refractivity contribution in [1.29, 1.82) is 0 Å². The van der Waals surface area contributed by atoms with Crippen LogP contribution in [-0.4, -0.2) is 47.8 Å². The van der Waals surface area contributed by atoms with Crippen molar-refractivity contribution < 1.29 is 14.6 Å². The summed E-state index contributed by atoms with van der Waals surface area (Å²) < 4.78 is 5.30. The van der Waals surface area contributed by atoms with E-state index in [1.165, 1.54) is 0 Å². The maximum atomic E-state index is 13.0. The van der Waals surface area contributed by atoms with E-state index in [0.717, 1.165) is 18.4 Å². The molecule has 114 valence electrons. The molecule has 1 N–H and O–H groups in total. The number of ether oxygens (including phenoxy) is 1. The highest BCUT2D eigenvalue weighted by Crippen LogP contribution is 2.50. The topological polar surface area (TPSA) is 49.8 Å². The van der Waals surface area contributed by atoms with E-state index in [2.05, 4.69) is 0 Å². The summed E-state index contributed by atoms with van der Waals surface area (Å²) in [6, 6.07) is 7.29. The number of likely N-dealkylation sites (N-methyl/N-ethyl adjacent to an activating group) is 1. The molecular formula is C16H20ClNO3. The van der Waals surface area contributed by atoms with Gasteiger partial charge in [0.1, 0.15) is 0 Å². The third-order valence-corrected chi connectivity index (χ3v) is 4.83. The van der Waals surface area contributed by atoms with E-state index in [4.69, 9.17) is 16.3 Å². The minimum Gasteiger partial charge on any atom is -0.388 e. The van der Waals surface area contributed by atoms with Crippen LogP contribution in [-0.2, 0) is 14.9 Å². The maximum absolute atomic E-state index is 13.0. The minimum atomic E-state index is -0.588. The van der Waals surface area contributed by atoms with E-state index in [1.54, 1.807) is 4.90 Å². The standard InChI is InChI=1S/C16H20ClNO3/c1-2-18(13-9-21-10-14(13)19)15(20)16(7-8-16)11-3-5-12(17)6-4-11/h3-6,13-14,19H,2,7-10H2,1H3/t13-,14-/m1/s1. The summed E-state index contributed by atoms with van der Waals surface area (Å²) in [6.45, 7) is 3.25. The molecule has 0 unspecified atom stereocenters. The maximum Gasteiger partial charge on any atom is 0.233 e. The first kappa shape index (κ1) is 14.8. The van der Waals surface area contributed by atoms with Gasteiger partial charge in [-0.05, 0) is 37.5 Å². The van der Waals surface area contributed by atoms with Gasteiger partial charge in [0.15, 0.2) is 0 Å². The highest BCUT2D eigenvalue weighted by Gasteiger charge is 2.54. The summed E-state index contributed by atoms with van der Waals surface area (Å²) in [7, 11) is 0. The Bertz CT molecular complexity index is 527. The number of hydrogen-bond donors (Lipinski definition) is 1. The lowest BCUT2D eigenvalue weighted by Crippen LogP contribution is -2.50. The van der Waals surface area contributed by atoms with Gasteiger partial charge in [-0.25, -0.2) is 0 Å². The number of halogens is 1. The van der Waals surface area contributed by atoms with Crippen LogP contribution in [0, 0.1) is 0 Å². The number of aliphatic hydroxyl groups is 1. The van der Waals surface area contributed by atoms with Crippen LogP contribution in [0.4, 0.5) is 0 Å². The molecule has 3 rings (SSSR count). The Morgan fingerprint density at radius 1 is 1.38 bits per heavy atom. The quantitative estimate of drug-likeness (QED) is 0.925. The van der Waals surface area contributed by atoms with Gasteiger partial charge in [0.25, 0.3) is 0 Å². The van der Waals surface area contributed by atoms with Gasteiger partial charge in [0.2, 0.25) is 5.91 Å². The van der Waals surface area contributed by atoms with Crippen molar-refractivity contribution in [1.82, 2.24) is 4.90 Å². The summed E-state index contributed by atoms with van der Waals surface area (Å²) >= 11 is 5.93. The number of benzene rings is 1. The number of amides is 1. The smallest absolute Gasteiger partial charge is 0.233 e. The lowest BCUT2D eigenvalue weighted by Gasteiger charge is -2.32. The molecule has 1 aromatic rings. The fourth-order valence-electron chi connectivity index (χ4n) is 3.15. The number of aliphatic hydroxyl groups excluding tert-OH is 1. The Balaban J connectivity index is 1.84. The van der Waals surface area contributed by atoms with Gasteiger partial charge in [-0.15, -0.1) is 0 Å². The summed E-state index contributed by atoms with van der Waals surface area (Å²) in [6.07, 6.45) is 1.12. The summed E-state index contributed by atoms with van der Waals surface area (Å²) in [4.78, 5) is 14.8. The van der Waals surface area contributed by atoms with Crippen LogP contribution in [0.15, 0.2) is 24.3 Å². The average Bonchev–Trinajstić information content (AvgIpc) is 3.19. The molecule has 2 fully saturated rings. The predicted octanol–water partition coefficient (Wildman–Crippen LogP) is 1.98. The van der Waals surface area contributed by atoms with E-state index in [-0.39, 0.29) is 11.9 Å². The fraction of sp³-hybridized carbons (Fsp3) is 0.562. The van der Waals surface area contributed by atoms with E-state index in [9.17, 15) is 9.90 Å². The largest absolute Gasteiger partial charge is 0.388 e. The Morgan fingerprint density at radius 2 is 2.05 bits per heavy atom. The highest BCUT2D eigenvalue weighted by molar-refractivity contribution is 6.30. The van der Waals surface area contributed by atoms with Crippen LogP contribution in [0.2, 0.25) is 5.02 Å². The molecule has 5 heteroatoms. The molecule has 1 amide bonds. The highest BCUT2D eigenvalue weighted by atomic mass is 35.5. The molecule has 1 aliphatic carbocycles. The van der Waals surface area contributed by atoms with Gasteiger partial charge < -0.3 is 14.7 Å². The molecule has 1 saturated carbocycles. The third-order valence-electron chi connectivity index (χ3n) is 4.58. The summed E-state index contributed by atoms with van der Waals surface area (Å²) in [5, 5.41) is 10.7. The second kappa shape index (κ2) is 5.59. The fourth-order valence-corrected chi connectivity index (χ4v) is 3.28. The Hall–Kier alpha value is -1.10. The molecule has 0 aromatic heterocycles. The third kappa shape index (κ3) is 2.56. The van der Waals surface area contributed by atoms with Gasteiger partial charge in [0, 0.05) is 11.6 Å². The molecule has 21 heavy (non-hydrogen) atoms. The molecule has 0 radical (unpaired) electrons. The molecule has 2 atom stereocenters. The molecule has 4 nitrogen and oxygen atoms in total. The van der Waals surface area contributed by atoms with Crippen LogP contribution < -0.4 is 0 Å². The van der Waals surface area contributed by atoms with Crippen molar-refractivity contribution in [2.45, 2.75) is 37.3 Å². The molecule has 1 aromatic carbocycles. The van der Waals surface area contributed by atoms with Crippen molar-refractivity contribution in [3.8, 4) is 0 Å². The van der Waals surface area contributed by atoms with Gasteiger partial charge in [-0.2, -0.15) is 0 Å². The Kier molecular flexibility index (Phi) is 3.95. The van der Waals surface area contributed by atoms with Crippen LogP contribution in [0.5, 0.6) is 0 Å². The number of carbonyl (C=O) groups is 1. The molecule has 2 aliphatic rings. The van der Waals surface area contributed by atoms with Crippen LogP contribution in [0.1, 0.15) is 25.3 Å². The predicted molar refractivity (Wildman–Crippen MR) is 80.4 cm³/mol. The number of nitrogens with zero attached hydrogens (tertiary/aromatic N) is 1. The van der Waals surface area contributed by atoms with Crippen molar-refractivity contribution in [3.63, 3.8) is 0 Å². The summed E-state index contributed by atoms with van der Waals surface area (Å²) in [5.74, 6) is 0.0990. The first-order chi connectivity index (χ1) is 10.1. The van der Waals surface area contributed by atoms with E-state index >= 15 is 0 Å². The zero-order valence-corrected chi connectivity index (χ0v) is 12.8. The average molecular weight is 310 g/mol. The van der Waals surface area contributed by atoms with E-state index in [0.29, 0.717) is 24.8 Å². The molecule has 1 aliphatic heterocycles. The van der Waals surface area contributed by atoms with Crippen molar-refractivity contribution in [2.75, 3.05) is 19.8 Å². The minimum absolute atomic E-state index is 0.0990. The Morgan fingerprint density at radius 3 is 2.52 bits per heavy atom. The van der Waals surface area contributed by atoms with Crippen LogP contribution in [0.3, 0.4) is 0 Å². The van der Waals surface area contributed by atoms with Crippen LogP contribution in [0.25, 0.3) is 0 Å². The van der Waals surface area contributed by atoms with Crippen molar-refractivity contribution in [3.05, 3.63) is 34.9 Å². The van der Waals surface area contributed by atoms with Crippen LogP contribution >= 0.6 is 11.6 Å². The molecule has 0 bridgehead atoms. The molecule has 1 heterocycles. The molecule has 0 spiro atoms. The number of carbonyl (C=O) groups excluding carboxylic acids is 1. The monoisotopic (exact) mass is 309 g/mol. The van der Waals surface area contributed by atoms with E-state index in [1.807, 2.05) is 31.2 Å². The second-order valence-electron chi connectivity index (χ2n) is 5.85. The normalized spacial score (nSPS) is 26.6. The zero-order chi connectivity index (χ0) is 15.0. The first-order valence-corrected chi connectivity index (χ1v) is 7.79.